The standard InChI is InChI=1S/C7H10N4S/c12-7-10-3-4-11(7)5-6-8-1-2-9-6/h1-3,7,12H,4-5H2,(H,8,9). The largest absolute Gasteiger partial charge is 0.348 e. The summed E-state index contributed by atoms with van der Waals surface area (Å²) in [6, 6.07) is 0. The van der Waals surface area contributed by atoms with Crippen LogP contribution in [0.1, 0.15) is 5.82 Å². The molecular formula is C7H10N4S. The van der Waals surface area contributed by atoms with E-state index in [1.54, 1.807) is 6.20 Å². The molecule has 2 heterocycles. The van der Waals surface area contributed by atoms with E-state index in [0.29, 0.717) is 0 Å². The van der Waals surface area contributed by atoms with E-state index in [9.17, 15) is 0 Å². The van der Waals surface area contributed by atoms with E-state index in [1.807, 2.05) is 12.4 Å². The van der Waals surface area contributed by atoms with Crippen LogP contribution in [0.2, 0.25) is 0 Å². The molecule has 1 unspecified atom stereocenters. The van der Waals surface area contributed by atoms with Crippen LogP contribution in [0.3, 0.4) is 0 Å². The van der Waals surface area contributed by atoms with Crippen molar-refractivity contribution in [3.63, 3.8) is 0 Å². The molecule has 1 atom stereocenters. The van der Waals surface area contributed by atoms with Gasteiger partial charge < -0.3 is 4.98 Å². The van der Waals surface area contributed by atoms with Gasteiger partial charge in [-0.2, -0.15) is 0 Å². The molecule has 64 valence electrons. The van der Waals surface area contributed by atoms with E-state index in [2.05, 4.69) is 32.5 Å². The zero-order valence-electron chi connectivity index (χ0n) is 6.51. The summed E-state index contributed by atoms with van der Waals surface area (Å²) in [7, 11) is 0. The fourth-order valence-corrected chi connectivity index (χ4v) is 1.43. The predicted octanol–water partition coefficient (Wildman–Crippen LogP) is 0.509. The molecule has 0 radical (unpaired) electrons. The average molecular weight is 182 g/mol. The molecule has 1 aromatic rings. The summed E-state index contributed by atoms with van der Waals surface area (Å²) in [5, 5.41) is 0. The Balaban J connectivity index is 1.96. The molecule has 1 aromatic heterocycles. The van der Waals surface area contributed by atoms with Gasteiger partial charge in [0.1, 0.15) is 11.3 Å². The molecule has 0 aliphatic carbocycles. The number of hydrogen-bond acceptors (Lipinski definition) is 4. The molecule has 1 N–H and O–H groups in total. The van der Waals surface area contributed by atoms with Gasteiger partial charge in [0, 0.05) is 25.2 Å². The molecule has 2 rings (SSSR count). The number of imidazole rings is 1. The molecule has 1 aliphatic rings. The quantitative estimate of drug-likeness (QED) is 0.654. The third-order valence-corrected chi connectivity index (χ3v) is 2.25. The van der Waals surface area contributed by atoms with Crippen LogP contribution in [0.5, 0.6) is 0 Å². The van der Waals surface area contributed by atoms with Crippen molar-refractivity contribution in [3.8, 4) is 0 Å². The predicted molar refractivity (Wildman–Crippen MR) is 50.3 cm³/mol. The third kappa shape index (κ3) is 1.51. The lowest BCUT2D eigenvalue weighted by molar-refractivity contribution is 0.305. The number of H-pyrrole nitrogens is 1. The van der Waals surface area contributed by atoms with E-state index in [0.717, 1.165) is 18.9 Å². The highest BCUT2D eigenvalue weighted by molar-refractivity contribution is 7.80. The maximum absolute atomic E-state index is 4.28. The Morgan fingerprint density at radius 2 is 2.67 bits per heavy atom. The van der Waals surface area contributed by atoms with Crippen LogP contribution in [0.4, 0.5) is 0 Å². The number of rotatable bonds is 2. The Labute approximate surface area is 76.1 Å². The van der Waals surface area contributed by atoms with Crippen molar-refractivity contribution >= 4 is 18.8 Å². The molecule has 4 nitrogen and oxygen atoms in total. The lowest BCUT2D eigenvalue weighted by Crippen LogP contribution is -2.26. The molecule has 0 fully saturated rings. The zero-order valence-corrected chi connectivity index (χ0v) is 7.41. The minimum absolute atomic E-state index is 0.00454. The number of aromatic nitrogens is 2. The van der Waals surface area contributed by atoms with Gasteiger partial charge in [0.25, 0.3) is 0 Å². The average Bonchev–Trinajstić information content (AvgIpc) is 2.65. The molecule has 0 bridgehead atoms. The number of hydrogen-bond donors (Lipinski definition) is 2. The minimum Gasteiger partial charge on any atom is -0.348 e. The van der Waals surface area contributed by atoms with Crippen molar-refractivity contribution in [2.24, 2.45) is 4.99 Å². The number of aromatic amines is 1. The molecule has 0 spiro atoms. The van der Waals surface area contributed by atoms with E-state index >= 15 is 0 Å². The number of nitrogens with one attached hydrogen (secondary N) is 1. The minimum atomic E-state index is -0.00454. The van der Waals surface area contributed by atoms with Crippen molar-refractivity contribution in [2.45, 2.75) is 12.0 Å². The maximum Gasteiger partial charge on any atom is 0.146 e. The molecule has 1 aliphatic heterocycles. The maximum atomic E-state index is 4.28. The topological polar surface area (TPSA) is 44.3 Å². The smallest absolute Gasteiger partial charge is 0.146 e. The molecule has 5 heteroatoms. The molecular weight excluding hydrogens is 172 g/mol. The van der Waals surface area contributed by atoms with Crippen molar-refractivity contribution in [1.82, 2.24) is 14.9 Å². The first-order chi connectivity index (χ1) is 5.86. The SMILES string of the molecule is SC1N=CCN1Cc1ncc[nH]1. The van der Waals surface area contributed by atoms with Crippen molar-refractivity contribution in [3.05, 3.63) is 18.2 Å². The monoisotopic (exact) mass is 182 g/mol. The Kier molecular flexibility index (Phi) is 2.14. The number of aliphatic imine (C=N–C) groups is 1. The lowest BCUT2D eigenvalue weighted by atomic mass is 10.5. The highest BCUT2D eigenvalue weighted by Gasteiger charge is 2.17. The first kappa shape index (κ1) is 7.82. The normalized spacial score (nSPS) is 23.6. The Morgan fingerprint density at radius 3 is 3.25 bits per heavy atom. The van der Waals surface area contributed by atoms with Crippen LogP contribution in [0, 0.1) is 0 Å². The molecule has 0 amide bonds. The molecule has 0 saturated carbocycles. The van der Waals surface area contributed by atoms with Crippen molar-refractivity contribution in [2.75, 3.05) is 6.54 Å². The van der Waals surface area contributed by atoms with Crippen LogP contribution in [-0.4, -0.2) is 33.1 Å². The van der Waals surface area contributed by atoms with E-state index in [-0.39, 0.29) is 5.50 Å². The molecule has 12 heavy (non-hydrogen) atoms. The van der Waals surface area contributed by atoms with Gasteiger partial charge in [-0.25, -0.2) is 4.98 Å². The molecule has 0 aromatic carbocycles. The fourth-order valence-electron chi connectivity index (χ4n) is 1.16. The third-order valence-electron chi connectivity index (χ3n) is 1.79. The first-order valence-corrected chi connectivity index (χ1v) is 4.30. The second kappa shape index (κ2) is 3.28. The van der Waals surface area contributed by atoms with E-state index in [1.165, 1.54) is 0 Å². The highest BCUT2D eigenvalue weighted by Crippen LogP contribution is 2.12. The molecule has 0 saturated heterocycles. The summed E-state index contributed by atoms with van der Waals surface area (Å²) in [6.45, 7) is 1.63. The van der Waals surface area contributed by atoms with Gasteiger partial charge in [-0.15, -0.1) is 12.6 Å². The van der Waals surface area contributed by atoms with Crippen LogP contribution in [-0.2, 0) is 6.54 Å². The summed E-state index contributed by atoms with van der Waals surface area (Å²) in [6.07, 6.45) is 5.44. The van der Waals surface area contributed by atoms with Crippen LogP contribution in [0.25, 0.3) is 0 Å². The summed E-state index contributed by atoms with van der Waals surface area (Å²) in [4.78, 5) is 13.4. The highest BCUT2D eigenvalue weighted by atomic mass is 32.1. The second-order valence-electron chi connectivity index (χ2n) is 2.64. The van der Waals surface area contributed by atoms with Crippen LogP contribution < -0.4 is 0 Å². The van der Waals surface area contributed by atoms with Gasteiger partial charge in [-0.05, 0) is 0 Å². The van der Waals surface area contributed by atoms with Crippen molar-refractivity contribution in [1.29, 1.82) is 0 Å². The summed E-state index contributed by atoms with van der Waals surface area (Å²) in [5.74, 6) is 0.958. The van der Waals surface area contributed by atoms with Gasteiger partial charge in [-0.3, -0.25) is 9.89 Å². The Morgan fingerprint density at radius 1 is 1.75 bits per heavy atom. The Bertz CT molecular complexity index is 269. The fraction of sp³-hybridized carbons (Fsp3) is 0.429. The Hall–Kier alpha value is -0.810. The summed E-state index contributed by atoms with van der Waals surface area (Å²) in [5.41, 5.74) is -0.00454. The zero-order chi connectivity index (χ0) is 8.39. The van der Waals surface area contributed by atoms with Gasteiger partial charge in [-0.1, -0.05) is 0 Å². The van der Waals surface area contributed by atoms with Gasteiger partial charge in [0.2, 0.25) is 0 Å². The first-order valence-electron chi connectivity index (χ1n) is 3.78. The second-order valence-corrected chi connectivity index (χ2v) is 3.11. The summed E-state index contributed by atoms with van der Waals surface area (Å²) >= 11 is 4.28. The number of nitrogens with zero attached hydrogens (tertiary/aromatic N) is 3. The lowest BCUT2D eigenvalue weighted by Gasteiger charge is -2.16. The van der Waals surface area contributed by atoms with Crippen molar-refractivity contribution < 1.29 is 0 Å². The van der Waals surface area contributed by atoms with Gasteiger partial charge in [0.05, 0.1) is 6.54 Å². The summed E-state index contributed by atoms with van der Waals surface area (Å²) < 4.78 is 0. The van der Waals surface area contributed by atoms with E-state index < -0.39 is 0 Å². The van der Waals surface area contributed by atoms with Gasteiger partial charge in [0.15, 0.2) is 0 Å². The van der Waals surface area contributed by atoms with Gasteiger partial charge >= 0.3 is 0 Å². The number of thiol groups is 1. The van der Waals surface area contributed by atoms with E-state index in [4.69, 9.17) is 0 Å². The van der Waals surface area contributed by atoms with Crippen LogP contribution >= 0.6 is 12.6 Å². The van der Waals surface area contributed by atoms with Crippen LogP contribution in [0.15, 0.2) is 17.4 Å².